The molecule has 0 saturated heterocycles. The largest absolute Gasteiger partial charge is 0.482 e. The van der Waals surface area contributed by atoms with Gasteiger partial charge < -0.3 is 29.9 Å². The van der Waals surface area contributed by atoms with E-state index < -0.39 is 6.03 Å². The highest BCUT2D eigenvalue weighted by atomic mass is 35.5. The molecule has 3 aromatic carbocycles. The van der Waals surface area contributed by atoms with Gasteiger partial charge in [0.15, 0.2) is 6.61 Å². The second-order valence-electron chi connectivity index (χ2n) is 11.3. The molecule has 0 aliphatic heterocycles. The SMILES string of the molecule is COC(=O)Cc1cccc(NC(=O)NCC(=O)N(CCC2CCCCC2)c2ccccc2OCC(=O)N(C)c2cccc(Cl)c2)c1. The summed E-state index contributed by atoms with van der Waals surface area (Å²) >= 11 is 6.10. The van der Waals surface area contributed by atoms with Crippen molar-refractivity contribution < 1.29 is 28.7 Å². The van der Waals surface area contributed by atoms with Gasteiger partial charge in [-0.05, 0) is 60.4 Å². The number of hydrogen-bond donors (Lipinski definition) is 2. The van der Waals surface area contributed by atoms with Crippen LogP contribution in [0.15, 0.2) is 72.8 Å². The number of benzene rings is 3. The van der Waals surface area contributed by atoms with E-state index in [1.54, 1.807) is 78.7 Å². The third kappa shape index (κ3) is 10.2. The average Bonchev–Trinajstić information content (AvgIpc) is 3.07. The molecule has 46 heavy (non-hydrogen) atoms. The number of carbonyl (C=O) groups is 4. The molecule has 0 radical (unpaired) electrons. The van der Waals surface area contributed by atoms with Crippen molar-refractivity contribution in [2.24, 2.45) is 5.92 Å². The van der Waals surface area contributed by atoms with Crippen LogP contribution in [0, 0.1) is 5.92 Å². The summed E-state index contributed by atoms with van der Waals surface area (Å²) in [5.74, 6) is -0.0879. The zero-order chi connectivity index (χ0) is 32.9. The van der Waals surface area contributed by atoms with Crippen molar-refractivity contribution in [3.05, 3.63) is 83.4 Å². The van der Waals surface area contributed by atoms with Crippen molar-refractivity contribution >= 4 is 52.5 Å². The van der Waals surface area contributed by atoms with Gasteiger partial charge in [0.2, 0.25) is 5.91 Å². The molecule has 0 heterocycles. The number of ether oxygens (including phenoxy) is 2. The highest BCUT2D eigenvalue weighted by Gasteiger charge is 2.23. The monoisotopic (exact) mass is 648 g/mol. The van der Waals surface area contributed by atoms with E-state index in [1.807, 2.05) is 6.07 Å². The first kappa shape index (κ1) is 34.3. The second kappa shape index (κ2) is 17.2. The van der Waals surface area contributed by atoms with Gasteiger partial charge in [-0.25, -0.2) is 4.79 Å². The minimum Gasteiger partial charge on any atom is -0.482 e. The summed E-state index contributed by atoms with van der Waals surface area (Å²) < 4.78 is 10.7. The van der Waals surface area contributed by atoms with Gasteiger partial charge in [-0.2, -0.15) is 0 Å². The molecule has 0 spiro atoms. The third-order valence-electron chi connectivity index (χ3n) is 8.02. The molecule has 4 amide bonds. The van der Waals surface area contributed by atoms with Gasteiger partial charge in [0, 0.05) is 30.0 Å². The Morgan fingerprint density at radius 1 is 0.913 bits per heavy atom. The number of para-hydroxylation sites is 2. The van der Waals surface area contributed by atoms with Crippen LogP contribution in [-0.4, -0.2) is 57.7 Å². The number of nitrogens with zero attached hydrogens (tertiary/aromatic N) is 2. The predicted molar refractivity (Wildman–Crippen MR) is 180 cm³/mol. The van der Waals surface area contributed by atoms with Gasteiger partial charge in [-0.3, -0.25) is 14.4 Å². The number of methoxy groups -OCH3 is 1. The maximum atomic E-state index is 13.7. The lowest BCUT2D eigenvalue weighted by Crippen LogP contribution is -2.42. The minimum absolute atomic E-state index is 0.0754. The van der Waals surface area contributed by atoms with Crippen molar-refractivity contribution in [1.82, 2.24) is 5.32 Å². The van der Waals surface area contributed by atoms with E-state index in [9.17, 15) is 19.2 Å². The number of urea groups is 1. The van der Waals surface area contributed by atoms with Crippen LogP contribution >= 0.6 is 11.6 Å². The van der Waals surface area contributed by atoms with Gasteiger partial charge >= 0.3 is 12.0 Å². The summed E-state index contributed by atoms with van der Waals surface area (Å²) in [6.07, 6.45) is 6.74. The van der Waals surface area contributed by atoms with Gasteiger partial charge in [0.05, 0.1) is 25.8 Å². The zero-order valence-electron chi connectivity index (χ0n) is 26.3. The van der Waals surface area contributed by atoms with Crippen LogP contribution in [0.5, 0.6) is 5.75 Å². The van der Waals surface area contributed by atoms with Gasteiger partial charge in [-0.1, -0.05) is 74.0 Å². The lowest BCUT2D eigenvalue weighted by Gasteiger charge is -2.29. The van der Waals surface area contributed by atoms with Crippen molar-refractivity contribution in [2.45, 2.75) is 44.9 Å². The molecule has 1 fully saturated rings. The van der Waals surface area contributed by atoms with Gasteiger partial charge in [0.1, 0.15) is 5.75 Å². The Hall–Kier alpha value is -4.57. The molecule has 10 nitrogen and oxygen atoms in total. The van der Waals surface area contributed by atoms with Crippen molar-refractivity contribution in [3.63, 3.8) is 0 Å². The van der Waals surface area contributed by atoms with E-state index in [2.05, 4.69) is 10.6 Å². The molecule has 3 aromatic rings. The number of amides is 4. The van der Waals surface area contributed by atoms with E-state index in [0.29, 0.717) is 45.9 Å². The predicted octanol–water partition coefficient (Wildman–Crippen LogP) is 6.22. The molecule has 0 aromatic heterocycles. The topological polar surface area (TPSA) is 117 Å². The fraction of sp³-hybridized carbons (Fsp3) is 0.371. The minimum atomic E-state index is -0.560. The maximum Gasteiger partial charge on any atom is 0.319 e. The highest BCUT2D eigenvalue weighted by molar-refractivity contribution is 6.30. The fourth-order valence-electron chi connectivity index (χ4n) is 5.46. The Morgan fingerprint density at radius 3 is 2.43 bits per heavy atom. The first-order valence-electron chi connectivity index (χ1n) is 15.5. The molecule has 11 heteroatoms. The van der Waals surface area contributed by atoms with E-state index in [-0.39, 0.29) is 37.4 Å². The fourth-order valence-corrected chi connectivity index (χ4v) is 5.64. The maximum absolute atomic E-state index is 13.7. The van der Waals surface area contributed by atoms with E-state index in [4.69, 9.17) is 21.1 Å². The first-order chi connectivity index (χ1) is 22.2. The van der Waals surface area contributed by atoms with Crippen molar-refractivity contribution in [2.75, 3.05) is 49.0 Å². The highest BCUT2D eigenvalue weighted by Crippen LogP contribution is 2.31. The number of carbonyl (C=O) groups excluding carboxylic acids is 4. The van der Waals surface area contributed by atoms with Crippen LogP contribution in [0.1, 0.15) is 44.1 Å². The Balaban J connectivity index is 1.43. The first-order valence-corrected chi connectivity index (χ1v) is 15.9. The van der Waals surface area contributed by atoms with E-state index in [1.165, 1.54) is 31.3 Å². The third-order valence-corrected chi connectivity index (χ3v) is 8.26. The molecule has 0 bridgehead atoms. The molecular weight excluding hydrogens is 608 g/mol. The molecule has 1 aliphatic rings. The van der Waals surface area contributed by atoms with Crippen LogP contribution in [0.4, 0.5) is 21.9 Å². The zero-order valence-corrected chi connectivity index (χ0v) is 27.1. The van der Waals surface area contributed by atoms with Crippen LogP contribution in [0.2, 0.25) is 5.02 Å². The van der Waals surface area contributed by atoms with Crippen LogP contribution in [0.3, 0.4) is 0 Å². The molecule has 0 atom stereocenters. The number of nitrogens with one attached hydrogen (secondary N) is 2. The van der Waals surface area contributed by atoms with E-state index in [0.717, 1.165) is 19.3 Å². The normalized spacial score (nSPS) is 12.9. The lowest BCUT2D eigenvalue weighted by atomic mass is 9.87. The Kier molecular flexibility index (Phi) is 12.8. The molecule has 0 unspecified atom stereocenters. The number of likely N-dealkylation sites (N-methyl/N-ethyl adjacent to an activating group) is 1. The average molecular weight is 649 g/mol. The summed E-state index contributed by atoms with van der Waals surface area (Å²) in [5, 5.41) is 5.89. The summed E-state index contributed by atoms with van der Waals surface area (Å²) in [4.78, 5) is 54.2. The smallest absolute Gasteiger partial charge is 0.319 e. The van der Waals surface area contributed by atoms with Crippen molar-refractivity contribution in [1.29, 1.82) is 0 Å². The Morgan fingerprint density at radius 2 is 1.67 bits per heavy atom. The number of anilines is 3. The molecule has 1 saturated carbocycles. The molecule has 1 aliphatic carbocycles. The Labute approximate surface area is 275 Å². The van der Waals surface area contributed by atoms with Gasteiger partial charge in [0.25, 0.3) is 5.91 Å². The number of hydrogen-bond acceptors (Lipinski definition) is 6. The Bertz CT molecular complexity index is 1510. The second-order valence-corrected chi connectivity index (χ2v) is 11.7. The number of esters is 1. The number of rotatable bonds is 13. The summed E-state index contributed by atoms with van der Waals surface area (Å²) in [6.45, 7) is -0.0669. The quantitative estimate of drug-likeness (QED) is 0.213. The lowest BCUT2D eigenvalue weighted by molar-refractivity contribution is -0.139. The summed E-state index contributed by atoms with van der Waals surface area (Å²) in [6, 6.07) is 20.4. The summed E-state index contributed by atoms with van der Waals surface area (Å²) in [5.41, 5.74) is 2.33. The standard InChI is InChI=1S/C35H41ClN4O6/c1-39(29-15-9-13-27(36)22-29)33(42)24-46-31-17-7-6-16-30(31)40(19-18-25-10-4-3-5-11-25)32(41)23-37-35(44)38-28-14-8-12-26(20-28)21-34(43)45-2/h6-9,12-17,20,22,25H,3-5,10-11,18-19,21,23-24H2,1-2H3,(H2,37,38,44). The van der Waals surface area contributed by atoms with Crippen LogP contribution in [-0.2, 0) is 25.5 Å². The number of halogens is 1. The molecular formula is C35H41ClN4O6. The molecule has 2 N–H and O–H groups in total. The molecule has 4 rings (SSSR count). The van der Waals surface area contributed by atoms with Crippen LogP contribution in [0.25, 0.3) is 0 Å². The van der Waals surface area contributed by atoms with Gasteiger partial charge in [-0.15, -0.1) is 0 Å². The van der Waals surface area contributed by atoms with Crippen molar-refractivity contribution in [3.8, 4) is 5.75 Å². The summed E-state index contributed by atoms with van der Waals surface area (Å²) in [7, 11) is 2.97. The molecule has 244 valence electrons. The van der Waals surface area contributed by atoms with Crippen LogP contribution < -0.4 is 25.2 Å². The van der Waals surface area contributed by atoms with E-state index >= 15 is 0 Å².